The number of carbonyl (C=O) groups is 1. The van der Waals surface area contributed by atoms with E-state index in [2.05, 4.69) is 46.2 Å². The number of hydrogen-bond donors (Lipinski definition) is 2. The van der Waals surface area contributed by atoms with Gasteiger partial charge in [-0.15, -0.1) is 0 Å². The van der Waals surface area contributed by atoms with Crippen LogP contribution in [0.1, 0.15) is 25.8 Å². The maximum Gasteiger partial charge on any atom is 0.221 e. The molecule has 0 bridgehead atoms. The molecule has 0 spiro atoms. The summed E-state index contributed by atoms with van der Waals surface area (Å²) in [6.45, 7) is 6.68. The molecule has 0 heterocycles. The third-order valence-corrected chi connectivity index (χ3v) is 3.55. The van der Waals surface area contributed by atoms with Gasteiger partial charge in [0, 0.05) is 28.3 Å². The summed E-state index contributed by atoms with van der Waals surface area (Å²) in [5.41, 5.74) is 2.34. The Morgan fingerprint density at radius 3 is 2.76 bits per heavy atom. The number of amides is 1. The van der Waals surface area contributed by atoms with Crippen LogP contribution in [0.15, 0.2) is 18.2 Å². The van der Waals surface area contributed by atoms with Crippen molar-refractivity contribution in [3.8, 4) is 0 Å². The summed E-state index contributed by atoms with van der Waals surface area (Å²) in [6, 6.07) is 6.34. The van der Waals surface area contributed by atoms with Gasteiger partial charge in [-0.2, -0.15) is 0 Å². The Morgan fingerprint density at radius 1 is 1.41 bits per heavy atom. The molecule has 0 aromatic heterocycles. The lowest BCUT2D eigenvalue weighted by Gasteiger charge is -2.11. The maximum absolute atomic E-state index is 11.4. The van der Waals surface area contributed by atoms with Crippen molar-refractivity contribution in [3.05, 3.63) is 27.3 Å². The zero-order valence-corrected chi connectivity index (χ0v) is 12.7. The van der Waals surface area contributed by atoms with Crippen molar-refractivity contribution in [2.45, 2.75) is 33.2 Å². The molecule has 1 amide bonds. The van der Waals surface area contributed by atoms with E-state index in [0.29, 0.717) is 13.0 Å². The van der Waals surface area contributed by atoms with E-state index in [0.717, 1.165) is 5.69 Å². The summed E-state index contributed by atoms with van der Waals surface area (Å²) < 4.78 is 1.24. The Bertz CT molecular complexity index is 391. The number of rotatable bonds is 5. The largest absolute Gasteiger partial charge is 0.384 e. The SMILES string of the molecule is Cc1c(I)cccc1NCCC(=O)NC(C)C. The first-order chi connectivity index (χ1) is 8.00. The summed E-state index contributed by atoms with van der Waals surface area (Å²) in [6.07, 6.45) is 0.503. The van der Waals surface area contributed by atoms with E-state index < -0.39 is 0 Å². The molecule has 1 aromatic carbocycles. The molecule has 1 aromatic rings. The summed E-state index contributed by atoms with van der Waals surface area (Å²) in [5.74, 6) is 0.0933. The molecule has 0 atom stereocenters. The molecule has 4 heteroatoms. The van der Waals surface area contributed by atoms with E-state index in [1.54, 1.807) is 0 Å². The Labute approximate surface area is 117 Å². The molecular weight excluding hydrogens is 327 g/mol. The first-order valence-electron chi connectivity index (χ1n) is 5.79. The van der Waals surface area contributed by atoms with Gasteiger partial charge in [0.25, 0.3) is 0 Å². The molecule has 0 saturated carbocycles. The fraction of sp³-hybridized carbons (Fsp3) is 0.462. The quantitative estimate of drug-likeness (QED) is 0.805. The molecule has 0 fully saturated rings. The van der Waals surface area contributed by atoms with Gasteiger partial charge in [-0.1, -0.05) is 6.07 Å². The molecule has 0 saturated heterocycles. The Kier molecular flexibility index (Phi) is 5.74. The molecule has 0 aliphatic heterocycles. The van der Waals surface area contributed by atoms with Gasteiger partial charge in [0.15, 0.2) is 0 Å². The van der Waals surface area contributed by atoms with Crippen molar-refractivity contribution in [1.29, 1.82) is 0 Å². The predicted octanol–water partition coefficient (Wildman–Crippen LogP) is 2.93. The monoisotopic (exact) mass is 346 g/mol. The highest BCUT2D eigenvalue weighted by Crippen LogP contribution is 2.19. The fourth-order valence-electron chi connectivity index (χ4n) is 1.50. The minimum atomic E-state index is 0.0933. The second-order valence-corrected chi connectivity index (χ2v) is 5.47. The van der Waals surface area contributed by atoms with Gasteiger partial charge in [0.2, 0.25) is 5.91 Å². The molecular formula is C13H19IN2O. The van der Waals surface area contributed by atoms with E-state index in [1.807, 2.05) is 26.0 Å². The molecule has 0 aliphatic carbocycles. The van der Waals surface area contributed by atoms with E-state index in [1.165, 1.54) is 9.13 Å². The smallest absolute Gasteiger partial charge is 0.221 e. The lowest BCUT2D eigenvalue weighted by Crippen LogP contribution is -2.31. The maximum atomic E-state index is 11.4. The Morgan fingerprint density at radius 2 is 2.12 bits per heavy atom. The van der Waals surface area contributed by atoms with Crippen molar-refractivity contribution in [2.24, 2.45) is 0 Å². The Hall–Kier alpha value is -0.780. The zero-order valence-electron chi connectivity index (χ0n) is 10.5. The van der Waals surface area contributed by atoms with Crippen molar-refractivity contribution < 1.29 is 4.79 Å². The van der Waals surface area contributed by atoms with Crippen molar-refractivity contribution >= 4 is 34.2 Å². The first kappa shape index (κ1) is 14.3. The molecule has 3 nitrogen and oxygen atoms in total. The van der Waals surface area contributed by atoms with E-state index in [-0.39, 0.29) is 11.9 Å². The molecule has 2 N–H and O–H groups in total. The van der Waals surface area contributed by atoms with Gasteiger partial charge < -0.3 is 10.6 Å². The van der Waals surface area contributed by atoms with Gasteiger partial charge >= 0.3 is 0 Å². The van der Waals surface area contributed by atoms with Crippen LogP contribution in [0.25, 0.3) is 0 Å². The highest BCUT2D eigenvalue weighted by molar-refractivity contribution is 14.1. The number of hydrogen-bond acceptors (Lipinski definition) is 2. The second-order valence-electron chi connectivity index (χ2n) is 4.31. The average Bonchev–Trinajstić information content (AvgIpc) is 2.23. The molecule has 0 unspecified atom stereocenters. The topological polar surface area (TPSA) is 41.1 Å². The highest BCUT2D eigenvalue weighted by atomic mass is 127. The van der Waals surface area contributed by atoms with Crippen LogP contribution in [-0.4, -0.2) is 18.5 Å². The number of carbonyl (C=O) groups excluding carboxylic acids is 1. The van der Waals surface area contributed by atoms with Crippen LogP contribution < -0.4 is 10.6 Å². The minimum Gasteiger partial charge on any atom is -0.384 e. The number of benzene rings is 1. The number of halogens is 1. The third-order valence-electron chi connectivity index (χ3n) is 2.38. The van der Waals surface area contributed by atoms with Crippen molar-refractivity contribution in [3.63, 3.8) is 0 Å². The molecule has 1 rings (SSSR count). The highest BCUT2D eigenvalue weighted by Gasteiger charge is 2.04. The third kappa shape index (κ3) is 4.93. The predicted molar refractivity (Wildman–Crippen MR) is 80.3 cm³/mol. The van der Waals surface area contributed by atoms with Crippen molar-refractivity contribution in [1.82, 2.24) is 5.32 Å². The van der Waals surface area contributed by atoms with E-state index in [9.17, 15) is 4.79 Å². The van der Waals surface area contributed by atoms with Crippen molar-refractivity contribution in [2.75, 3.05) is 11.9 Å². The minimum absolute atomic E-state index is 0.0933. The number of nitrogens with one attached hydrogen (secondary N) is 2. The lowest BCUT2D eigenvalue weighted by molar-refractivity contribution is -0.121. The molecule has 17 heavy (non-hydrogen) atoms. The average molecular weight is 346 g/mol. The van der Waals surface area contributed by atoms with E-state index in [4.69, 9.17) is 0 Å². The summed E-state index contributed by atoms with van der Waals surface area (Å²) in [5, 5.41) is 6.17. The van der Waals surface area contributed by atoms with Crippen LogP contribution in [-0.2, 0) is 4.79 Å². The van der Waals surface area contributed by atoms with Crippen LogP contribution >= 0.6 is 22.6 Å². The van der Waals surface area contributed by atoms with Crippen LogP contribution in [0.2, 0.25) is 0 Å². The Balaban J connectivity index is 2.41. The molecule has 94 valence electrons. The fourth-order valence-corrected chi connectivity index (χ4v) is 2.00. The van der Waals surface area contributed by atoms with Crippen LogP contribution in [0.4, 0.5) is 5.69 Å². The summed E-state index contributed by atoms with van der Waals surface area (Å²) in [7, 11) is 0. The van der Waals surface area contributed by atoms with Gasteiger partial charge in [0.1, 0.15) is 0 Å². The van der Waals surface area contributed by atoms with Gasteiger partial charge in [-0.25, -0.2) is 0 Å². The van der Waals surface area contributed by atoms with Crippen LogP contribution in [0.5, 0.6) is 0 Å². The van der Waals surface area contributed by atoms with Gasteiger partial charge in [0.05, 0.1) is 0 Å². The number of anilines is 1. The normalized spacial score (nSPS) is 10.4. The van der Waals surface area contributed by atoms with E-state index >= 15 is 0 Å². The summed E-state index contributed by atoms with van der Waals surface area (Å²) >= 11 is 2.31. The standard InChI is InChI=1S/C13H19IN2O/c1-9(2)16-13(17)7-8-15-12-6-4-5-11(14)10(12)3/h4-6,9,15H,7-8H2,1-3H3,(H,16,17). The second kappa shape index (κ2) is 6.83. The van der Waals surface area contributed by atoms with Gasteiger partial charge in [-0.3, -0.25) is 4.79 Å². The zero-order chi connectivity index (χ0) is 12.8. The van der Waals surface area contributed by atoms with Crippen LogP contribution in [0, 0.1) is 10.5 Å². The van der Waals surface area contributed by atoms with Crippen LogP contribution in [0.3, 0.4) is 0 Å². The molecule has 0 radical (unpaired) electrons. The van der Waals surface area contributed by atoms with Gasteiger partial charge in [-0.05, 0) is 61.1 Å². The summed E-state index contributed by atoms with van der Waals surface area (Å²) in [4.78, 5) is 11.4. The first-order valence-corrected chi connectivity index (χ1v) is 6.87. The molecule has 0 aliphatic rings. The lowest BCUT2D eigenvalue weighted by atomic mass is 10.2.